The van der Waals surface area contributed by atoms with E-state index in [1.807, 2.05) is 0 Å². The molecule has 1 unspecified atom stereocenters. The lowest BCUT2D eigenvalue weighted by Gasteiger charge is -2.37. The smallest absolute Gasteiger partial charge is 0.309 e. The van der Waals surface area contributed by atoms with E-state index in [2.05, 4.69) is 48.5 Å². The van der Waals surface area contributed by atoms with Gasteiger partial charge >= 0.3 is 5.97 Å². The second kappa shape index (κ2) is 7.65. The van der Waals surface area contributed by atoms with E-state index in [4.69, 9.17) is 4.74 Å². The standard InChI is InChI=1S/C19H36O2/c1-13(2)12-17(14(3)4)18(20)21-16-10-8-15(9-11-16)19(5,6)7/h13-17H,8-12H2,1-7H3. The normalized spacial score (nSPS) is 25.2. The Labute approximate surface area is 132 Å². The SMILES string of the molecule is CC(C)CC(C(=O)OC1CCC(C(C)(C)C)CC1)C(C)C. The van der Waals surface area contributed by atoms with Crippen LogP contribution in [0, 0.1) is 29.1 Å². The minimum atomic E-state index is 0.0397. The number of hydrogen-bond acceptors (Lipinski definition) is 2. The summed E-state index contributed by atoms with van der Waals surface area (Å²) in [4.78, 5) is 12.4. The molecular formula is C19H36O2. The first kappa shape index (κ1) is 18.5. The Morgan fingerprint density at radius 2 is 1.57 bits per heavy atom. The highest BCUT2D eigenvalue weighted by molar-refractivity contribution is 5.72. The maximum atomic E-state index is 12.4. The van der Waals surface area contributed by atoms with Crippen molar-refractivity contribution in [2.45, 2.75) is 86.7 Å². The Balaban J connectivity index is 2.48. The van der Waals surface area contributed by atoms with Crippen LogP contribution in [0.15, 0.2) is 0 Å². The monoisotopic (exact) mass is 296 g/mol. The molecule has 0 heterocycles. The summed E-state index contributed by atoms with van der Waals surface area (Å²) in [5.74, 6) is 1.78. The molecule has 0 amide bonds. The number of rotatable bonds is 5. The highest BCUT2D eigenvalue weighted by Gasteiger charge is 2.33. The highest BCUT2D eigenvalue weighted by Crippen LogP contribution is 2.38. The van der Waals surface area contributed by atoms with Crippen LogP contribution in [0.4, 0.5) is 0 Å². The zero-order chi connectivity index (χ0) is 16.2. The summed E-state index contributed by atoms with van der Waals surface area (Å²) in [7, 11) is 0. The second-order valence-electron chi connectivity index (χ2n) is 8.76. The molecule has 1 fully saturated rings. The first-order chi connectivity index (χ1) is 9.61. The fraction of sp³-hybridized carbons (Fsp3) is 0.947. The van der Waals surface area contributed by atoms with Crippen molar-refractivity contribution in [1.82, 2.24) is 0 Å². The molecule has 1 aliphatic carbocycles. The maximum absolute atomic E-state index is 12.4. The van der Waals surface area contributed by atoms with Gasteiger partial charge in [0.15, 0.2) is 0 Å². The molecule has 0 radical (unpaired) electrons. The van der Waals surface area contributed by atoms with Crippen LogP contribution in [-0.4, -0.2) is 12.1 Å². The van der Waals surface area contributed by atoms with Gasteiger partial charge in [-0.05, 0) is 55.3 Å². The summed E-state index contributed by atoms with van der Waals surface area (Å²) in [6, 6.07) is 0. The van der Waals surface area contributed by atoms with Crippen molar-refractivity contribution in [3.05, 3.63) is 0 Å². The molecule has 2 heteroatoms. The summed E-state index contributed by atoms with van der Waals surface area (Å²) < 4.78 is 5.84. The predicted octanol–water partition coefficient (Wildman–Crippen LogP) is 5.45. The van der Waals surface area contributed by atoms with E-state index >= 15 is 0 Å². The first-order valence-electron chi connectivity index (χ1n) is 8.81. The van der Waals surface area contributed by atoms with E-state index in [9.17, 15) is 4.79 Å². The van der Waals surface area contributed by atoms with Crippen molar-refractivity contribution >= 4 is 5.97 Å². The first-order valence-corrected chi connectivity index (χ1v) is 8.81. The average Bonchev–Trinajstić information content (AvgIpc) is 2.34. The number of carbonyl (C=O) groups excluding carboxylic acids is 1. The molecule has 1 atom stereocenters. The zero-order valence-electron chi connectivity index (χ0n) is 15.2. The number of hydrogen-bond donors (Lipinski definition) is 0. The van der Waals surface area contributed by atoms with Gasteiger partial charge in [0.05, 0.1) is 5.92 Å². The van der Waals surface area contributed by atoms with Crippen LogP contribution in [0.5, 0.6) is 0 Å². The van der Waals surface area contributed by atoms with Gasteiger partial charge in [-0.2, -0.15) is 0 Å². The van der Waals surface area contributed by atoms with Crippen molar-refractivity contribution in [3.8, 4) is 0 Å². The fourth-order valence-electron chi connectivity index (χ4n) is 3.45. The molecule has 21 heavy (non-hydrogen) atoms. The van der Waals surface area contributed by atoms with E-state index in [0.29, 0.717) is 17.3 Å². The summed E-state index contributed by atoms with van der Waals surface area (Å²) in [5, 5.41) is 0. The van der Waals surface area contributed by atoms with Gasteiger partial charge in [-0.3, -0.25) is 4.79 Å². The lowest BCUT2D eigenvalue weighted by Crippen LogP contribution is -2.33. The quantitative estimate of drug-likeness (QED) is 0.630. The zero-order valence-corrected chi connectivity index (χ0v) is 15.2. The van der Waals surface area contributed by atoms with Crippen LogP contribution in [0.1, 0.15) is 80.6 Å². The van der Waals surface area contributed by atoms with Crippen LogP contribution >= 0.6 is 0 Å². The summed E-state index contributed by atoms with van der Waals surface area (Å²) in [6.07, 6.45) is 5.56. The van der Waals surface area contributed by atoms with Gasteiger partial charge < -0.3 is 4.74 Å². The Bertz CT molecular complexity index is 317. The van der Waals surface area contributed by atoms with Crippen molar-refractivity contribution in [1.29, 1.82) is 0 Å². The van der Waals surface area contributed by atoms with Gasteiger partial charge in [0.2, 0.25) is 0 Å². The summed E-state index contributed by atoms with van der Waals surface area (Å²) in [5.41, 5.74) is 0.382. The molecule has 0 saturated heterocycles. The van der Waals surface area contributed by atoms with Crippen LogP contribution in [-0.2, 0) is 9.53 Å². The summed E-state index contributed by atoms with van der Waals surface area (Å²) in [6.45, 7) is 15.6. The third kappa shape index (κ3) is 6.00. The van der Waals surface area contributed by atoms with Crippen LogP contribution < -0.4 is 0 Å². The second-order valence-corrected chi connectivity index (χ2v) is 8.76. The van der Waals surface area contributed by atoms with Gasteiger partial charge in [-0.25, -0.2) is 0 Å². The predicted molar refractivity (Wildman–Crippen MR) is 89.1 cm³/mol. The van der Waals surface area contributed by atoms with Crippen LogP contribution in [0.25, 0.3) is 0 Å². The molecule has 0 spiro atoms. The fourth-order valence-corrected chi connectivity index (χ4v) is 3.45. The molecule has 124 valence electrons. The molecule has 0 aromatic heterocycles. The third-order valence-corrected chi connectivity index (χ3v) is 5.01. The van der Waals surface area contributed by atoms with E-state index < -0.39 is 0 Å². The Hall–Kier alpha value is -0.530. The van der Waals surface area contributed by atoms with Gasteiger partial charge in [-0.15, -0.1) is 0 Å². The lowest BCUT2D eigenvalue weighted by molar-refractivity contribution is -0.158. The highest BCUT2D eigenvalue weighted by atomic mass is 16.5. The van der Waals surface area contributed by atoms with Crippen molar-refractivity contribution in [2.24, 2.45) is 29.1 Å². The number of carbonyl (C=O) groups is 1. The lowest BCUT2D eigenvalue weighted by atomic mass is 9.72. The Morgan fingerprint density at radius 3 is 1.95 bits per heavy atom. The molecule has 0 aromatic carbocycles. The van der Waals surface area contributed by atoms with Crippen molar-refractivity contribution < 1.29 is 9.53 Å². The van der Waals surface area contributed by atoms with E-state index in [-0.39, 0.29) is 18.0 Å². The van der Waals surface area contributed by atoms with E-state index in [1.165, 1.54) is 12.8 Å². The van der Waals surface area contributed by atoms with Gasteiger partial charge in [0.1, 0.15) is 6.10 Å². The Morgan fingerprint density at radius 1 is 1.05 bits per heavy atom. The molecule has 0 aliphatic heterocycles. The minimum Gasteiger partial charge on any atom is -0.462 e. The minimum absolute atomic E-state index is 0.0397. The molecule has 0 N–H and O–H groups in total. The topological polar surface area (TPSA) is 26.3 Å². The van der Waals surface area contributed by atoms with Gasteiger partial charge in [0, 0.05) is 0 Å². The van der Waals surface area contributed by atoms with Crippen molar-refractivity contribution in [3.63, 3.8) is 0 Å². The van der Waals surface area contributed by atoms with Crippen LogP contribution in [0.3, 0.4) is 0 Å². The maximum Gasteiger partial charge on any atom is 0.309 e. The van der Waals surface area contributed by atoms with E-state index in [1.54, 1.807) is 0 Å². The number of ether oxygens (including phenoxy) is 1. The van der Waals surface area contributed by atoms with Gasteiger partial charge in [-0.1, -0.05) is 48.5 Å². The molecule has 1 aliphatic rings. The summed E-state index contributed by atoms with van der Waals surface area (Å²) >= 11 is 0. The molecule has 1 saturated carbocycles. The largest absolute Gasteiger partial charge is 0.462 e. The number of esters is 1. The van der Waals surface area contributed by atoms with Crippen molar-refractivity contribution in [2.75, 3.05) is 0 Å². The Kier molecular flexibility index (Phi) is 6.74. The van der Waals surface area contributed by atoms with Crippen LogP contribution in [0.2, 0.25) is 0 Å². The molecule has 0 bridgehead atoms. The third-order valence-electron chi connectivity index (χ3n) is 5.01. The molecular weight excluding hydrogens is 260 g/mol. The average molecular weight is 296 g/mol. The van der Waals surface area contributed by atoms with E-state index in [0.717, 1.165) is 25.2 Å². The molecule has 1 rings (SSSR count). The molecule has 2 nitrogen and oxygen atoms in total. The van der Waals surface area contributed by atoms with Gasteiger partial charge in [0.25, 0.3) is 0 Å². The molecule has 0 aromatic rings.